The molecule has 0 aliphatic carbocycles. The van der Waals surface area contributed by atoms with E-state index in [4.69, 9.17) is 14.9 Å². The van der Waals surface area contributed by atoms with Crippen LogP contribution in [0.15, 0.2) is 22.7 Å². The van der Waals surface area contributed by atoms with Crippen LogP contribution in [-0.2, 0) is 4.79 Å². The molecule has 0 heterocycles. The van der Waals surface area contributed by atoms with Crippen molar-refractivity contribution in [2.45, 2.75) is 64.2 Å². The van der Waals surface area contributed by atoms with Gasteiger partial charge < -0.3 is 14.9 Å². The molecule has 0 amide bonds. The zero-order chi connectivity index (χ0) is 18.5. The van der Waals surface area contributed by atoms with Gasteiger partial charge in [-0.2, -0.15) is 0 Å². The molecule has 0 saturated carbocycles. The van der Waals surface area contributed by atoms with Gasteiger partial charge in [-0.05, 0) is 31.0 Å². The van der Waals surface area contributed by atoms with E-state index in [-0.39, 0.29) is 12.0 Å². The standard InChI is InChI=1S/C19H27BrO5/c20-15-11-12-17(16(14-15)19(23)24)25-13-9-7-5-3-1-2-4-6-8-10-18(21)22/h11-12,14H,1-10,13H2,(H,21,22)(H,23,24). The molecular formula is C19H27BrO5. The van der Waals surface area contributed by atoms with E-state index in [2.05, 4.69) is 15.9 Å². The number of hydrogen-bond acceptors (Lipinski definition) is 3. The Labute approximate surface area is 157 Å². The molecule has 0 atom stereocenters. The molecule has 0 fully saturated rings. The highest BCUT2D eigenvalue weighted by Crippen LogP contribution is 2.23. The number of carboxylic acid groups (broad SMARTS) is 2. The Kier molecular flexibility index (Phi) is 11.0. The number of ether oxygens (including phenoxy) is 1. The van der Waals surface area contributed by atoms with Gasteiger partial charge in [0.25, 0.3) is 0 Å². The summed E-state index contributed by atoms with van der Waals surface area (Å²) < 4.78 is 6.32. The lowest BCUT2D eigenvalue weighted by Crippen LogP contribution is -2.04. The first-order valence-electron chi connectivity index (χ1n) is 8.88. The lowest BCUT2D eigenvalue weighted by molar-refractivity contribution is -0.137. The minimum absolute atomic E-state index is 0.178. The average molecular weight is 415 g/mol. The summed E-state index contributed by atoms with van der Waals surface area (Å²) in [6.07, 6.45) is 9.81. The van der Waals surface area contributed by atoms with Gasteiger partial charge in [0.05, 0.1) is 6.61 Å². The van der Waals surface area contributed by atoms with Crippen molar-refractivity contribution in [3.05, 3.63) is 28.2 Å². The molecule has 0 bridgehead atoms. The van der Waals surface area contributed by atoms with Gasteiger partial charge in [-0.15, -0.1) is 0 Å². The molecule has 0 saturated heterocycles. The maximum absolute atomic E-state index is 11.2. The van der Waals surface area contributed by atoms with Crippen molar-refractivity contribution in [3.63, 3.8) is 0 Å². The number of carboxylic acids is 2. The van der Waals surface area contributed by atoms with Crippen molar-refractivity contribution in [2.75, 3.05) is 6.61 Å². The highest BCUT2D eigenvalue weighted by molar-refractivity contribution is 9.10. The van der Waals surface area contributed by atoms with E-state index >= 15 is 0 Å². The predicted octanol–water partition coefficient (Wildman–Crippen LogP) is 5.51. The van der Waals surface area contributed by atoms with E-state index in [1.54, 1.807) is 18.2 Å². The van der Waals surface area contributed by atoms with Crippen molar-refractivity contribution in [2.24, 2.45) is 0 Å². The number of aliphatic carboxylic acids is 1. The lowest BCUT2D eigenvalue weighted by atomic mass is 10.1. The second-order valence-corrected chi connectivity index (χ2v) is 7.04. The fourth-order valence-corrected chi connectivity index (χ4v) is 2.95. The summed E-state index contributed by atoms with van der Waals surface area (Å²) >= 11 is 3.26. The summed E-state index contributed by atoms with van der Waals surface area (Å²) in [4.78, 5) is 21.6. The van der Waals surface area contributed by atoms with E-state index < -0.39 is 11.9 Å². The van der Waals surface area contributed by atoms with Crippen molar-refractivity contribution in [3.8, 4) is 5.75 Å². The molecule has 6 heteroatoms. The topological polar surface area (TPSA) is 83.8 Å². The molecule has 5 nitrogen and oxygen atoms in total. The van der Waals surface area contributed by atoms with E-state index in [9.17, 15) is 9.59 Å². The second-order valence-electron chi connectivity index (χ2n) is 6.12. The highest BCUT2D eigenvalue weighted by atomic mass is 79.9. The van der Waals surface area contributed by atoms with Crippen molar-refractivity contribution < 1.29 is 24.5 Å². The van der Waals surface area contributed by atoms with Gasteiger partial charge in [0.1, 0.15) is 11.3 Å². The largest absolute Gasteiger partial charge is 0.493 e. The summed E-state index contributed by atoms with van der Waals surface area (Å²) in [5.41, 5.74) is 0.178. The molecule has 0 aliphatic heterocycles. The zero-order valence-electron chi connectivity index (χ0n) is 14.5. The van der Waals surface area contributed by atoms with Crippen LogP contribution in [-0.4, -0.2) is 28.8 Å². The fourth-order valence-electron chi connectivity index (χ4n) is 2.59. The van der Waals surface area contributed by atoms with Crippen LogP contribution >= 0.6 is 15.9 Å². The van der Waals surface area contributed by atoms with Gasteiger partial charge in [-0.1, -0.05) is 60.9 Å². The van der Waals surface area contributed by atoms with Crippen molar-refractivity contribution >= 4 is 27.9 Å². The van der Waals surface area contributed by atoms with Crippen molar-refractivity contribution in [1.82, 2.24) is 0 Å². The maximum Gasteiger partial charge on any atom is 0.339 e. The third kappa shape index (κ3) is 10.1. The fraction of sp³-hybridized carbons (Fsp3) is 0.579. The Morgan fingerprint density at radius 3 is 2.00 bits per heavy atom. The Hall–Kier alpha value is -1.56. The van der Waals surface area contributed by atoms with Crippen LogP contribution in [0, 0.1) is 0 Å². The molecule has 1 aromatic carbocycles. The third-order valence-electron chi connectivity index (χ3n) is 3.96. The van der Waals surface area contributed by atoms with Crippen molar-refractivity contribution in [1.29, 1.82) is 0 Å². The first-order chi connectivity index (χ1) is 12.0. The number of hydrogen-bond donors (Lipinski definition) is 2. The first-order valence-corrected chi connectivity index (χ1v) is 9.67. The summed E-state index contributed by atoms with van der Waals surface area (Å²) in [6.45, 7) is 0.525. The molecule has 0 spiro atoms. The van der Waals surface area contributed by atoms with Crippen LogP contribution in [0.2, 0.25) is 0 Å². The van der Waals surface area contributed by atoms with Gasteiger partial charge >= 0.3 is 11.9 Å². The summed E-state index contributed by atoms with van der Waals surface area (Å²) in [6, 6.07) is 5.00. The van der Waals surface area contributed by atoms with Gasteiger partial charge in [-0.25, -0.2) is 4.79 Å². The minimum atomic E-state index is -0.986. The SMILES string of the molecule is O=C(O)CCCCCCCCCCCOc1ccc(Br)cc1C(=O)O. The molecule has 25 heavy (non-hydrogen) atoms. The lowest BCUT2D eigenvalue weighted by Gasteiger charge is -2.09. The normalized spacial score (nSPS) is 10.6. The van der Waals surface area contributed by atoms with Crippen LogP contribution in [0.5, 0.6) is 5.75 Å². The molecule has 0 radical (unpaired) electrons. The molecule has 140 valence electrons. The Bertz CT molecular complexity index is 545. The van der Waals surface area contributed by atoms with E-state index in [1.807, 2.05) is 0 Å². The Morgan fingerprint density at radius 2 is 1.44 bits per heavy atom. The van der Waals surface area contributed by atoms with Gasteiger partial charge in [0.15, 0.2) is 0 Å². The van der Waals surface area contributed by atoms with E-state index in [0.717, 1.165) is 49.4 Å². The predicted molar refractivity (Wildman–Crippen MR) is 100 cm³/mol. The molecule has 1 aromatic rings. The van der Waals surface area contributed by atoms with Crippen LogP contribution in [0.3, 0.4) is 0 Å². The summed E-state index contributed by atoms with van der Waals surface area (Å²) in [7, 11) is 0. The molecule has 1 rings (SSSR count). The molecule has 0 aliphatic rings. The van der Waals surface area contributed by atoms with Crippen LogP contribution in [0.4, 0.5) is 0 Å². The first kappa shape index (κ1) is 21.5. The van der Waals surface area contributed by atoms with E-state index in [0.29, 0.717) is 12.4 Å². The molecule has 2 N–H and O–H groups in total. The smallest absolute Gasteiger partial charge is 0.339 e. The summed E-state index contributed by atoms with van der Waals surface area (Å²) in [5, 5.41) is 17.7. The second kappa shape index (κ2) is 12.8. The monoisotopic (exact) mass is 414 g/mol. The summed E-state index contributed by atoms with van der Waals surface area (Å²) in [5.74, 6) is -1.28. The Morgan fingerprint density at radius 1 is 0.880 bits per heavy atom. The number of halogens is 1. The van der Waals surface area contributed by atoms with Crippen LogP contribution in [0.1, 0.15) is 74.6 Å². The van der Waals surface area contributed by atoms with Gasteiger partial charge in [0.2, 0.25) is 0 Å². The number of carbonyl (C=O) groups is 2. The quantitative estimate of drug-likeness (QED) is 0.392. The number of unbranched alkanes of at least 4 members (excludes halogenated alkanes) is 8. The van der Waals surface area contributed by atoms with Crippen LogP contribution in [0.25, 0.3) is 0 Å². The average Bonchev–Trinajstić information content (AvgIpc) is 2.56. The zero-order valence-corrected chi connectivity index (χ0v) is 16.1. The molecule has 0 aromatic heterocycles. The molecular weight excluding hydrogens is 388 g/mol. The molecule has 0 unspecified atom stereocenters. The highest BCUT2D eigenvalue weighted by Gasteiger charge is 2.11. The van der Waals surface area contributed by atoms with Gasteiger partial charge in [0, 0.05) is 10.9 Å². The Balaban J connectivity index is 2.02. The number of rotatable bonds is 14. The number of benzene rings is 1. The third-order valence-corrected chi connectivity index (χ3v) is 4.46. The minimum Gasteiger partial charge on any atom is -0.493 e. The van der Waals surface area contributed by atoms with E-state index in [1.165, 1.54) is 12.8 Å². The number of aromatic carboxylic acids is 1. The van der Waals surface area contributed by atoms with Gasteiger partial charge in [-0.3, -0.25) is 4.79 Å². The van der Waals surface area contributed by atoms with Crippen LogP contribution < -0.4 is 4.74 Å². The maximum atomic E-state index is 11.2.